The van der Waals surface area contributed by atoms with E-state index in [-0.39, 0.29) is 16.6 Å². The van der Waals surface area contributed by atoms with Gasteiger partial charge in [-0.25, -0.2) is 18.4 Å². The summed E-state index contributed by atoms with van der Waals surface area (Å²) in [5, 5.41) is 15.8. The minimum absolute atomic E-state index is 0.142. The van der Waals surface area contributed by atoms with Gasteiger partial charge in [0, 0.05) is 12.1 Å². The summed E-state index contributed by atoms with van der Waals surface area (Å²) in [5.41, 5.74) is -0.797. The van der Waals surface area contributed by atoms with Crippen LogP contribution >= 0.6 is 15.9 Å². The van der Waals surface area contributed by atoms with Gasteiger partial charge in [0.15, 0.2) is 0 Å². The van der Waals surface area contributed by atoms with Gasteiger partial charge >= 0.3 is 5.97 Å². The van der Waals surface area contributed by atoms with Crippen LogP contribution in [0.1, 0.15) is 23.2 Å². The fraction of sp³-hybridized carbons (Fsp3) is 0.364. The molecule has 8 nitrogen and oxygen atoms in total. The molecule has 1 fully saturated rings. The number of esters is 1. The Hall–Kier alpha value is -1.52. The zero-order chi connectivity index (χ0) is 15.8. The highest BCUT2D eigenvalue weighted by atomic mass is 79.9. The molecule has 1 aliphatic rings. The summed E-state index contributed by atoms with van der Waals surface area (Å²) < 4.78 is 27.8. The molecule has 0 radical (unpaired) electrons. The second-order valence-corrected chi connectivity index (χ2v) is 6.97. The topological polar surface area (TPSA) is 130 Å². The number of nitrogens with zero attached hydrogens (tertiary/aromatic N) is 1. The van der Waals surface area contributed by atoms with Crippen LogP contribution in [0, 0.1) is 16.0 Å². The number of hydrogen-bond donors (Lipinski definition) is 1. The maximum Gasteiger partial charge on any atom is 0.339 e. The lowest BCUT2D eigenvalue weighted by Crippen LogP contribution is -2.16. The zero-order valence-corrected chi connectivity index (χ0v) is 13.0. The number of rotatable bonds is 5. The van der Waals surface area contributed by atoms with Crippen LogP contribution in [0.15, 0.2) is 21.5 Å². The van der Waals surface area contributed by atoms with Gasteiger partial charge in [-0.1, -0.05) is 0 Å². The highest BCUT2D eigenvalue weighted by Crippen LogP contribution is 2.32. The van der Waals surface area contributed by atoms with E-state index in [1.54, 1.807) is 0 Å². The maximum atomic E-state index is 11.9. The number of hydrogen-bond acceptors (Lipinski definition) is 6. The summed E-state index contributed by atoms with van der Waals surface area (Å²) in [6, 6.07) is 1.74. The normalized spacial score (nSPS) is 14.8. The third kappa shape index (κ3) is 3.77. The van der Waals surface area contributed by atoms with Gasteiger partial charge in [0.1, 0.15) is 4.90 Å². The van der Waals surface area contributed by atoms with Crippen molar-refractivity contribution in [3.63, 3.8) is 0 Å². The molecule has 0 spiro atoms. The summed E-state index contributed by atoms with van der Waals surface area (Å²) in [5.74, 6) is -0.522. The number of ether oxygens (including phenoxy) is 1. The molecule has 0 bridgehead atoms. The molecule has 0 aliphatic heterocycles. The van der Waals surface area contributed by atoms with E-state index in [9.17, 15) is 23.3 Å². The minimum atomic E-state index is -4.22. The average molecular weight is 379 g/mol. The third-order valence-electron chi connectivity index (χ3n) is 2.91. The number of carbonyl (C=O) groups is 1. The minimum Gasteiger partial charge on any atom is -0.462 e. The molecule has 2 rings (SSSR count). The first-order valence-electron chi connectivity index (χ1n) is 5.88. The Morgan fingerprint density at radius 1 is 1.48 bits per heavy atom. The Kier molecular flexibility index (Phi) is 4.30. The highest BCUT2D eigenvalue weighted by molar-refractivity contribution is 9.10. The van der Waals surface area contributed by atoms with E-state index < -0.39 is 31.5 Å². The van der Waals surface area contributed by atoms with Crippen molar-refractivity contribution in [3.8, 4) is 0 Å². The van der Waals surface area contributed by atoms with E-state index in [1.807, 2.05) is 0 Å². The standard InChI is InChI=1S/C11H11BrN2O6S/c12-10-8(11(15)20-5-6-1-2-6)3-7(14(16)17)4-9(10)21(13,18)19/h3-4,6H,1-2,5H2,(H2,13,18,19). The van der Waals surface area contributed by atoms with Crippen LogP contribution in [0.4, 0.5) is 5.69 Å². The first kappa shape index (κ1) is 15.9. The van der Waals surface area contributed by atoms with Crippen molar-refractivity contribution in [1.29, 1.82) is 0 Å². The second-order valence-electron chi connectivity index (χ2n) is 4.65. The van der Waals surface area contributed by atoms with Gasteiger partial charge in [-0.2, -0.15) is 0 Å². The Bertz CT molecular complexity index is 714. The van der Waals surface area contributed by atoms with E-state index in [1.165, 1.54) is 0 Å². The van der Waals surface area contributed by atoms with Gasteiger partial charge in [0.2, 0.25) is 10.0 Å². The van der Waals surface area contributed by atoms with Crippen LogP contribution in [0.25, 0.3) is 0 Å². The number of benzene rings is 1. The molecule has 0 unspecified atom stereocenters. The van der Waals surface area contributed by atoms with E-state index in [2.05, 4.69) is 15.9 Å². The number of nitro groups is 1. The van der Waals surface area contributed by atoms with Crippen molar-refractivity contribution in [2.45, 2.75) is 17.7 Å². The largest absolute Gasteiger partial charge is 0.462 e. The van der Waals surface area contributed by atoms with Crippen molar-refractivity contribution in [2.24, 2.45) is 11.1 Å². The van der Waals surface area contributed by atoms with Gasteiger partial charge in [0.05, 0.1) is 21.6 Å². The molecular weight excluding hydrogens is 368 g/mol. The number of sulfonamides is 1. The number of nitrogens with two attached hydrogens (primary N) is 1. The smallest absolute Gasteiger partial charge is 0.339 e. The third-order valence-corrected chi connectivity index (χ3v) is 4.96. The first-order chi connectivity index (χ1) is 9.70. The Morgan fingerprint density at radius 2 is 2.10 bits per heavy atom. The molecule has 0 atom stereocenters. The van der Waals surface area contributed by atoms with Gasteiger partial charge in [-0.15, -0.1) is 0 Å². The molecule has 1 saturated carbocycles. The quantitative estimate of drug-likeness (QED) is 0.470. The summed E-state index contributed by atoms with van der Waals surface area (Å²) in [6.07, 6.45) is 1.93. The number of carbonyl (C=O) groups excluding carboxylic acids is 1. The van der Waals surface area contributed by atoms with Crippen molar-refractivity contribution < 1.29 is 22.9 Å². The number of halogens is 1. The summed E-state index contributed by atoms with van der Waals surface area (Å²) in [4.78, 5) is 21.4. The Morgan fingerprint density at radius 3 is 2.57 bits per heavy atom. The summed E-state index contributed by atoms with van der Waals surface area (Å²) in [7, 11) is -4.22. The molecule has 1 aromatic rings. The van der Waals surface area contributed by atoms with Crippen LogP contribution in [-0.4, -0.2) is 25.9 Å². The number of non-ortho nitro benzene ring substituents is 1. The molecule has 21 heavy (non-hydrogen) atoms. The molecule has 10 heteroatoms. The lowest BCUT2D eigenvalue weighted by molar-refractivity contribution is -0.385. The van der Waals surface area contributed by atoms with Crippen molar-refractivity contribution in [1.82, 2.24) is 0 Å². The van der Waals surface area contributed by atoms with Crippen molar-refractivity contribution in [3.05, 3.63) is 32.3 Å². The van der Waals surface area contributed by atoms with Gasteiger partial charge < -0.3 is 4.74 Å². The Balaban J connectivity index is 2.44. The second kappa shape index (κ2) is 5.70. The van der Waals surface area contributed by atoms with Crippen LogP contribution < -0.4 is 5.14 Å². The van der Waals surface area contributed by atoms with Crippen LogP contribution in [-0.2, 0) is 14.8 Å². The molecule has 114 valence electrons. The highest BCUT2D eigenvalue weighted by Gasteiger charge is 2.28. The van der Waals surface area contributed by atoms with E-state index in [4.69, 9.17) is 9.88 Å². The molecule has 1 aromatic carbocycles. The van der Waals surface area contributed by atoms with Crippen LogP contribution in [0.3, 0.4) is 0 Å². The molecule has 0 aromatic heterocycles. The fourth-order valence-electron chi connectivity index (χ4n) is 1.60. The molecule has 0 amide bonds. The van der Waals surface area contributed by atoms with Crippen molar-refractivity contribution in [2.75, 3.05) is 6.61 Å². The average Bonchev–Trinajstić information content (AvgIpc) is 3.18. The molecule has 2 N–H and O–H groups in total. The lowest BCUT2D eigenvalue weighted by atomic mass is 10.2. The van der Waals surface area contributed by atoms with E-state index in [0.29, 0.717) is 5.92 Å². The fourth-order valence-corrected chi connectivity index (χ4v) is 3.31. The van der Waals surface area contributed by atoms with Gasteiger partial charge in [-0.3, -0.25) is 10.1 Å². The van der Waals surface area contributed by atoms with E-state index >= 15 is 0 Å². The number of nitro benzene ring substituents is 1. The van der Waals surface area contributed by atoms with Gasteiger partial charge in [-0.05, 0) is 34.7 Å². The molecule has 0 heterocycles. The monoisotopic (exact) mass is 378 g/mol. The van der Waals surface area contributed by atoms with E-state index in [0.717, 1.165) is 25.0 Å². The zero-order valence-electron chi connectivity index (χ0n) is 10.6. The van der Waals surface area contributed by atoms with Crippen molar-refractivity contribution >= 4 is 37.6 Å². The number of primary sulfonamides is 1. The first-order valence-corrected chi connectivity index (χ1v) is 8.22. The maximum absolute atomic E-state index is 11.9. The lowest BCUT2D eigenvalue weighted by Gasteiger charge is -2.09. The SMILES string of the molecule is NS(=O)(=O)c1cc([N+](=O)[O-])cc(C(=O)OCC2CC2)c1Br. The summed E-state index contributed by atoms with van der Waals surface area (Å²) >= 11 is 2.94. The molecule has 1 aliphatic carbocycles. The Labute approximate surface area is 128 Å². The molecular formula is C11H11BrN2O6S. The predicted octanol–water partition coefficient (Wildman–Crippen LogP) is 1.57. The van der Waals surface area contributed by atoms with Gasteiger partial charge in [0.25, 0.3) is 5.69 Å². The van der Waals surface area contributed by atoms with Crippen LogP contribution in [0.5, 0.6) is 0 Å². The summed E-state index contributed by atoms with van der Waals surface area (Å²) in [6.45, 7) is 0.207. The predicted molar refractivity (Wildman–Crippen MR) is 75.2 cm³/mol. The molecule has 0 saturated heterocycles. The van der Waals surface area contributed by atoms with Crippen LogP contribution in [0.2, 0.25) is 0 Å².